The second-order valence-electron chi connectivity index (χ2n) is 3.35. The van der Waals surface area contributed by atoms with Crippen LogP contribution in [0.1, 0.15) is 18.4 Å². The Morgan fingerprint density at radius 2 is 2.29 bits per heavy atom. The second kappa shape index (κ2) is 5.99. The lowest BCUT2D eigenvalue weighted by Crippen LogP contribution is -2.06. The van der Waals surface area contributed by atoms with Gasteiger partial charge in [-0.2, -0.15) is 0 Å². The molecular formula is C12H15BrO. The number of aryl methyl sites for hydroxylation is 1. The first-order chi connectivity index (χ1) is 6.72. The zero-order valence-electron chi connectivity index (χ0n) is 8.12. The quantitative estimate of drug-likeness (QED) is 0.800. The normalized spacial score (nSPS) is 12.4. The highest BCUT2D eigenvalue weighted by atomic mass is 79.9. The highest BCUT2D eigenvalue weighted by Crippen LogP contribution is 2.14. The largest absolute Gasteiger partial charge is 0.393 e. The summed E-state index contributed by atoms with van der Waals surface area (Å²) >= 11 is 3.42. The number of aliphatic hydroxyl groups is 1. The molecule has 1 nitrogen and oxygen atoms in total. The molecule has 0 amide bonds. The maximum atomic E-state index is 9.50. The maximum Gasteiger partial charge on any atom is 0.0577 e. The third kappa shape index (κ3) is 4.07. The minimum absolute atomic E-state index is 0.258. The molecule has 0 heterocycles. The fourth-order valence-electron chi connectivity index (χ4n) is 1.34. The van der Waals surface area contributed by atoms with Crippen molar-refractivity contribution in [2.24, 2.45) is 0 Å². The summed E-state index contributed by atoms with van der Waals surface area (Å²) in [6.07, 6.45) is 3.88. The van der Waals surface area contributed by atoms with Crippen LogP contribution in [0.3, 0.4) is 0 Å². The fourth-order valence-corrected chi connectivity index (χ4v) is 1.78. The third-order valence-corrected chi connectivity index (χ3v) is 2.59. The molecule has 1 unspecified atom stereocenters. The van der Waals surface area contributed by atoms with Crippen LogP contribution < -0.4 is 0 Å². The fraction of sp³-hybridized carbons (Fsp3) is 0.333. The van der Waals surface area contributed by atoms with E-state index in [2.05, 4.69) is 34.6 Å². The molecule has 2 heteroatoms. The van der Waals surface area contributed by atoms with E-state index in [0.29, 0.717) is 6.42 Å². The van der Waals surface area contributed by atoms with E-state index in [-0.39, 0.29) is 6.10 Å². The van der Waals surface area contributed by atoms with Gasteiger partial charge in [-0.05, 0) is 37.0 Å². The first kappa shape index (κ1) is 11.5. The van der Waals surface area contributed by atoms with E-state index >= 15 is 0 Å². The van der Waals surface area contributed by atoms with Crippen molar-refractivity contribution in [3.05, 3.63) is 47.0 Å². The van der Waals surface area contributed by atoms with Crippen LogP contribution in [0.25, 0.3) is 0 Å². The topological polar surface area (TPSA) is 20.2 Å². The molecule has 0 saturated heterocycles. The molecule has 1 rings (SSSR count). The molecule has 0 aliphatic carbocycles. The van der Waals surface area contributed by atoms with Crippen LogP contribution in [0, 0.1) is 0 Å². The van der Waals surface area contributed by atoms with Crippen molar-refractivity contribution < 1.29 is 5.11 Å². The molecule has 0 aliphatic heterocycles. The molecule has 1 aromatic carbocycles. The van der Waals surface area contributed by atoms with Crippen LogP contribution in [-0.2, 0) is 6.42 Å². The second-order valence-corrected chi connectivity index (χ2v) is 4.26. The number of hydrogen-bond donors (Lipinski definition) is 1. The van der Waals surface area contributed by atoms with Gasteiger partial charge in [0.1, 0.15) is 0 Å². The Bertz CT molecular complexity index is 296. The zero-order valence-corrected chi connectivity index (χ0v) is 9.70. The summed E-state index contributed by atoms with van der Waals surface area (Å²) in [6.45, 7) is 3.60. The summed E-state index contributed by atoms with van der Waals surface area (Å²) in [4.78, 5) is 0. The van der Waals surface area contributed by atoms with E-state index in [1.54, 1.807) is 6.08 Å². The lowest BCUT2D eigenvalue weighted by atomic mass is 10.1. The lowest BCUT2D eigenvalue weighted by molar-refractivity contribution is 0.168. The molecule has 0 fully saturated rings. The van der Waals surface area contributed by atoms with E-state index in [1.165, 1.54) is 5.56 Å². The molecule has 76 valence electrons. The minimum atomic E-state index is -0.258. The Balaban J connectivity index is 2.41. The molecule has 0 aromatic heterocycles. The van der Waals surface area contributed by atoms with Crippen LogP contribution in [-0.4, -0.2) is 11.2 Å². The van der Waals surface area contributed by atoms with Crippen LogP contribution >= 0.6 is 15.9 Å². The van der Waals surface area contributed by atoms with Gasteiger partial charge < -0.3 is 5.11 Å². The Hall–Kier alpha value is -0.600. The highest BCUT2D eigenvalue weighted by molar-refractivity contribution is 9.10. The van der Waals surface area contributed by atoms with E-state index in [9.17, 15) is 5.11 Å². The van der Waals surface area contributed by atoms with Crippen LogP contribution in [0.2, 0.25) is 0 Å². The van der Waals surface area contributed by atoms with Gasteiger partial charge in [-0.25, -0.2) is 0 Å². The number of hydrogen-bond acceptors (Lipinski definition) is 1. The van der Waals surface area contributed by atoms with Gasteiger partial charge in [-0.1, -0.05) is 34.1 Å². The number of halogens is 1. The van der Waals surface area contributed by atoms with E-state index in [4.69, 9.17) is 0 Å². The van der Waals surface area contributed by atoms with Gasteiger partial charge in [0.2, 0.25) is 0 Å². The van der Waals surface area contributed by atoms with Crippen molar-refractivity contribution >= 4 is 15.9 Å². The van der Waals surface area contributed by atoms with Crippen LogP contribution in [0.5, 0.6) is 0 Å². The monoisotopic (exact) mass is 254 g/mol. The first-order valence-electron chi connectivity index (χ1n) is 4.76. The van der Waals surface area contributed by atoms with Crippen molar-refractivity contribution in [3.8, 4) is 0 Å². The van der Waals surface area contributed by atoms with Crippen LogP contribution in [0.4, 0.5) is 0 Å². The van der Waals surface area contributed by atoms with Crippen molar-refractivity contribution in [1.29, 1.82) is 0 Å². The standard InChI is InChI=1S/C12H15BrO/c1-2-4-12(14)8-7-10-5-3-6-11(13)9-10/h2-3,5-6,9,12,14H,1,4,7-8H2. The third-order valence-electron chi connectivity index (χ3n) is 2.09. The first-order valence-corrected chi connectivity index (χ1v) is 5.55. The summed E-state index contributed by atoms with van der Waals surface area (Å²) in [5.41, 5.74) is 1.25. The lowest BCUT2D eigenvalue weighted by Gasteiger charge is -2.07. The van der Waals surface area contributed by atoms with Gasteiger partial charge in [-0.15, -0.1) is 6.58 Å². The summed E-state index contributed by atoms with van der Waals surface area (Å²) in [6, 6.07) is 8.18. The summed E-state index contributed by atoms with van der Waals surface area (Å²) in [5, 5.41) is 9.50. The van der Waals surface area contributed by atoms with E-state index < -0.39 is 0 Å². The molecule has 0 aliphatic rings. The molecule has 1 N–H and O–H groups in total. The molecular weight excluding hydrogens is 240 g/mol. The SMILES string of the molecule is C=CCC(O)CCc1cccc(Br)c1. The zero-order chi connectivity index (χ0) is 10.4. The molecule has 1 atom stereocenters. The Morgan fingerprint density at radius 3 is 2.93 bits per heavy atom. The number of rotatable bonds is 5. The van der Waals surface area contributed by atoms with Gasteiger partial charge in [0, 0.05) is 4.47 Å². The molecule has 0 bridgehead atoms. The summed E-state index contributed by atoms with van der Waals surface area (Å²) < 4.78 is 1.09. The van der Waals surface area contributed by atoms with Gasteiger partial charge in [0.05, 0.1) is 6.10 Å². The van der Waals surface area contributed by atoms with Crippen molar-refractivity contribution in [1.82, 2.24) is 0 Å². The Labute approximate surface area is 93.6 Å². The molecule has 0 radical (unpaired) electrons. The molecule has 14 heavy (non-hydrogen) atoms. The highest BCUT2D eigenvalue weighted by Gasteiger charge is 2.02. The van der Waals surface area contributed by atoms with E-state index in [1.807, 2.05) is 12.1 Å². The van der Waals surface area contributed by atoms with E-state index in [0.717, 1.165) is 17.3 Å². The molecule has 0 spiro atoms. The Morgan fingerprint density at radius 1 is 1.50 bits per heavy atom. The smallest absolute Gasteiger partial charge is 0.0577 e. The average Bonchev–Trinajstić information content (AvgIpc) is 2.15. The molecule has 1 aromatic rings. The average molecular weight is 255 g/mol. The molecule has 0 saturated carbocycles. The predicted octanol–water partition coefficient (Wildman–Crippen LogP) is 3.32. The van der Waals surface area contributed by atoms with Gasteiger partial charge in [-0.3, -0.25) is 0 Å². The van der Waals surface area contributed by atoms with Crippen molar-refractivity contribution in [3.63, 3.8) is 0 Å². The van der Waals surface area contributed by atoms with Crippen LogP contribution in [0.15, 0.2) is 41.4 Å². The summed E-state index contributed by atoms with van der Waals surface area (Å²) in [7, 11) is 0. The van der Waals surface area contributed by atoms with Gasteiger partial charge in [0.15, 0.2) is 0 Å². The van der Waals surface area contributed by atoms with Crippen molar-refractivity contribution in [2.75, 3.05) is 0 Å². The predicted molar refractivity (Wildman–Crippen MR) is 63.3 cm³/mol. The summed E-state index contributed by atoms with van der Waals surface area (Å²) in [5.74, 6) is 0. The van der Waals surface area contributed by atoms with Gasteiger partial charge in [0.25, 0.3) is 0 Å². The maximum absolute atomic E-state index is 9.50. The van der Waals surface area contributed by atoms with Gasteiger partial charge >= 0.3 is 0 Å². The minimum Gasteiger partial charge on any atom is -0.393 e. The number of aliphatic hydroxyl groups excluding tert-OH is 1. The number of benzene rings is 1. The Kier molecular flexibility index (Phi) is 4.91. The van der Waals surface area contributed by atoms with Crippen molar-refractivity contribution in [2.45, 2.75) is 25.4 Å².